The van der Waals surface area contributed by atoms with E-state index in [1.54, 1.807) is 6.08 Å². The SMILES string of the molecule is COc1ccc2c3c1OC1C(OC(=O)[C@H](C)OC(=O)[C@H](CC(=O)O)OC(C)=O)=CC[C@@]4(O)[C@@H](C2)N(C)CCC314. The van der Waals surface area contributed by atoms with Crippen molar-refractivity contribution in [2.75, 3.05) is 20.7 Å². The smallest absolute Gasteiger partial charge is 0.352 e. The number of likely N-dealkylation sites (tertiary alicyclic amines) is 1. The molecule has 2 aliphatic carbocycles. The molecule has 1 fully saturated rings. The first kappa shape index (κ1) is 26.9. The number of hydrogen-bond donors (Lipinski definition) is 2. The number of aliphatic hydroxyl groups is 1. The van der Waals surface area contributed by atoms with E-state index in [1.165, 1.54) is 14.0 Å². The number of ether oxygens (including phenoxy) is 5. The lowest BCUT2D eigenvalue weighted by atomic mass is 9.50. The molecule has 6 atom stereocenters. The highest BCUT2D eigenvalue weighted by atomic mass is 16.6. The molecule has 39 heavy (non-hydrogen) atoms. The Labute approximate surface area is 224 Å². The van der Waals surface area contributed by atoms with Gasteiger partial charge in [-0.05, 0) is 51.1 Å². The Kier molecular flexibility index (Phi) is 6.58. The van der Waals surface area contributed by atoms with Crippen LogP contribution in [-0.2, 0) is 45.2 Å². The normalized spacial score (nSPS) is 29.6. The number of methoxy groups -OCH3 is 1. The fraction of sp³-hybridized carbons (Fsp3) is 0.556. The summed E-state index contributed by atoms with van der Waals surface area (Å²) in [6, 6.07) is 3.64. The predicted molar refractivity (Wildman–Crippen MR) is 131 cm³/mol. The molecule has 0 saturated carbocycles. The van der Waals surface area contributed by atoms with Gasteiger partial charge in [0.25, 0.3) is 0 Å². The summed E-state index contributed by atoms with van der Waals surface area (Å²) in [5.41, 5.74) is -0.150. The van der Waals surface area contributed by atoms with E-state index in [4.69, 9.17) is 28.8 Å². The molecule has 5 rings (SSSR count). The van der Waals surface area contributed by atoms with Crippen LogP contribution in [0.25, 0.3) is 0 Å². The molecule has 1 aromatic rings. The summed E-state index contributed by atoms with van der Waals surface area (Å²) < 4.78 is 27.5. The highest BCUT2D eigenvalue weighted by Gasteiger charge is 2.72. The number of carboxylic acids is 1. The molecule has 12 heteroatoms. The molecular weight excluding hydrogens is 514 g/mol. The first-order valence-corrected chi connectivity index (χ1v) is 12.7. The number of carbonyl (C=O) groups is 4. The van der Waals surface area contributed by atoms with Gasteiger partial charge >= 0.3 is 23.9 Å². The summed E-state index contributed by atoms with van der Waals surface area (Å²) >= 11 is 0. The van der Waals surface area contributed by atoms with E-state index in [2.05, 4.69) is 4.90 Å². The third kappa shape index (κ3) is 4.04. The first-order chi connectivity index (χ1) is 18.4. The number of aliphatic carboxylic acids is 1. The largest absolute Gasteiger partial charge is 0.493 e. The molecule has 0 amide bonds. The fourth-order valence-corrected chi connectivity index (χ4v) is 6.62. The molecule has 2 N–H and O–H groups in total. The van der Waals surface area contributed by atoms with Crippen molar-refractivity contribution in [3.63, 3.8) is 0 Å². The monoisotopic (exact) mass is 545 g/mol. The van der Waals surface area contributed by atoms with Crippen LogP contribution in [0.15, 0.2) is 24.0 Å². The lowest BCUT2D eigenvalue weighted by Crippen LogP contribution is -2.74. The summed E-state index contributed by atoms with van der Waals surface area (Å²) in [5.74, 6) is -3.16. The van der Waals surface area contributed by atoms with E-state index < -0.39 is 59.6 Å². The quantitative estimate of drug-likeness (QED) is 0.351. The molecule has 4 aliphatic rings. The number of hydrogen-bond acceptors (Lipinski definition) is 11. The third-order valence-electron chi connectivity index (χ3n) is 8.33. The standard InChI is InChI=1S/C27H31NO11/c1-13(36-25(33)18(12-20(30)31)37-14(2)29)24(32)38-17-7-8-27(34)19-11-15-5-6-16(35-4)22-21(15)26(27,23(17)39-22)9-10-28(19)3/h5-7,13,18-19,23,34H,8-12H2,1-4H3,(H,30,31)/t13-,18-,19+,23?,26?,27+/m0/s1. The number of carboxylic acid groups (broad SMARTS) is 1. The van der Waals surface area contributed by atoms with Crippen LogP contribution in [-0.4, -0.2) is 89.6 Å². The number of carbonyl (C=O) groups excluding carboxylic acids is 3. The van der Waals surface area contributed by atoms with Crippen molar-refractivity contribution < 1.29 is 53.1 Å². The first-order valence-electron chi connectivity index (χ1n) is 12.7. The van der Waals surface area contributed by atoms with Crippen molar-refractivity contribution in [1.82, 2.24) is 4.90 Å². The average molecular weight is 546 g/mol. The van der Waals surface area contributed by atoms with Crippen LogP contribution < -0.4 is 9.47 Å². The number of benzene rings is 1. The maximum absolute atomic E-state index is 13.0. The van der Waals surface area contributed by atoms with Gasteiger partial charge in [-0.1, -0.05) is 6.07 Å². The molecular formula is C27H31NO11. The van der Waals surface area contributed by atoms with Gasteiger partial charge in [-0.3, -0.25) is 9.59 Å². The van der Waals surface area contributed by atoms with Crippen molar-refractivity contribution in [3.05, 3.63) is 35.1 Å². The molecule has 2 unspecified atom stereocenters. The minimum Gasteiger partial charge on any atom is -0.493 e. The molecule has 0 aromatic heterocycles. The Balaban J connectivity index is 1.41. The van der Waals surface area contributed by atoms with E-state index >= 15 is 0 Å². The molecule has 1 aromatic carbocycles. The average Bonchev–Trinajstić information content (AvgIpc) is 3.22. The van der Waals surface area contributed by atoms with Crippen molar-refractivity contribution in [2.45, 2.75) is 74.9 Å². The molecule has 2 aliphatic heterocycles. The van der Waals surface area contributed by atoms with Gasteiger partial charge < -0.3 is 38.8 Å². The van der Waals surface area contributed by atoms with Gasteiger partial charge in [0, 0.05) is 24.9 Å². The Bertz CT molecular complexity index is 1260. The number of nitrogens with zero attached hydrogens (tertiary/aromatic N) is 1. The van der Waals surface area contributed by atoms with Crippen LogP contribution in [0.1, 0.15) is 44.2 Å². The highest BCUT2D eigenvalue weighted by Crippen LogP contribution is 2.65. The summed E-state index contributed by atoms with van der Waals surface area (Å²) in [6.45, 7) is 2.98. The van der Waals surface area contributed by atoms with Crippen LogP contribution in [0.4, 0.5) is 0 Å². The molecule has 0 radical (unpaired) electrons. The van der Waals surface area contributed by atoms with Crippen LogP contribution in [0, 0.1) is 0 Å². The maximum Gasteiger partial charge on any atom is 0.352 e. The van der Waals surface area contributed by atoms with Gasteiger partial charge in [0.2, 0.25) is 6.10 Å². The molecule has 1 spiro atoms. The Morgan fingerprint density at radius 2 is 1.95 bits per heavy atom. The lowest BCUT2D eigenvalue weighted by molar-refractivity contribution is -0.181. The molecule has 1 saturated heterocycles. The molecule has 12 nitrogen and oxygen atoms in total. The zero-order valence-electron chi connectivity index (χ0n) is 22.1. The highest BCUT2D eigenvalue weighted by molar-refractivity contribution is 5.86. The summed E-state index contributed by atoms with van der Waals surface area (Å²) in [5, 5.41) is 21.2. The number of rotatable bonds is 8. The van der Waals surface area contributed by atoms with Gasteiger partial charge in [-0.15, -0.1) is 0 Å². The predicted octanol–water partition coefficient (Wildman–Crippen LogP) is 0.854. The topological polar surface area (TPSA) is 158 Å². The minimum atomic E-state index is -1.71. The Hall–Kier alpha value is -3.64. The van der Waals surface area contributed by atoms with Crippen molar-refractivity contribution >= 4 is 23.9 Å². The van der Waals surface area contributed by atoms with Gasteiger partial charge in [0.15, 0.2) is 23.7 Å². The van der Waals surface area contributed by atoms with E-state index in [0.29, 0.717) is 30.9 Å². The van der Waals surface area contributed by atoms with Gasteiger partial charge in [-0.25, -0.2) is 9.59 Å². The van der Waals surface area contributed by atoms with E-state index in [0.717, 1.165) is 18.1 Å². The maximum atomic E-state index is 13.0. The van der Waals surface area contributed by atoms with Gasteiger partial charge in [0.1, 0.15) is 5.76 Å². The third-order valence-corrected chi connectivity index (χ3v) is 8.33. The number of likely N-dealkylation sites (N-methyl/N-ethyl adjacent to an activating group) is 1. The number of piperidine rings is 1. The minimum absolute atomic E-state index is 0.176. The number of esters is 3. The zero-order valence-corrected chi connectivity index (χ0v) is 22.1. The fourth-order valence-electron chi connectivity index (χ4n) is 6.62. The second-order valence-corrected chi connectivity index (χ2v) is 10.5. The van der Waals surface area contributed by atoms with Crippen LogP contribution >= 0.6 is 0 Å². The van der Waals surface area contributed by atoms with E-state index in [1.807, 2.05) is 19.2 Å². The molecule has 2 bridgehead atoms. The van der Waals surface area contributed by atoms with Crippen LogP contribution in [0.2, 0.25) is 0 Å². The molecule has 2 heterocycles. The van der Waals surface area contributed by atoms with Gasteiger partial charge in [0.05, 0.1) is 24.5 Å². The van der Waals surface area contributed by atoms with Crippen LogP contribution in [0.3, 0.4) is 0 Å². The van der Waals surface area contributed by atoms with E-state index in [9.17, 15) is 24.3 Å². The van der Waals surface area contributed by atoms with Crippen molar-refractivity contribution in [1.29, 1.82) is 0 Å². The Morgan fingerprint density at radius 1 is 1.21 bits per heavy atom. The van der Waals surface area contributed by atoms with Crippen molar-refractivity contribution in [2.24, 2.45) is 0 Å². The van der Waals surface area contributed by atoms with Crippen LogP contribution in [0.5, 0.6) is 11.5 Å². The molecule has 210 valence electrons. The zero-order chi connectivity index (χ0) is 28.3. The summed E-state index contributed by atoms with van der Waals surface area (Å²) in [7, 11) is 3.52. The second kappa shape index (κ2) is 9.53. The Morgan fingerprint density at radius 3 is 2.62 bits per heavy atom. The summed E-state index contributed by atoms with van der Waals surface area (Å²) in [4.78, 5) is 50.0. The van der Waals surface area contributed by atoms with E-state index in [-0.39, 0.29) is 18.2 Å². The van der Waals surface area contributed by atoms with Gasteiger partial charge in [-0.2, -0.15) is 0 Å². The van der Waals surface area contributed by atoms with Crippen molar-refractivity contribution in [3.8, 4) is 11.5 Å². The second-order valence-electron chi connectivity index (χ2n) is 10.5. The lowest BCUT2D eigenvalue weighted by Gasteiger charge is -2.61. The summed E-state index contributed by atoms with van der Waals surface area (Å²) in [6.07, 6.45) is -1.78.